The minimum Gasteiger partial charge on any atom is -0.380 e. The van der Waals surface area contributed by atoms with Crippen LogP contribution in [-0.4, -0.2) is 50.2 Å². The van der Waals surface area contributed by atoms with Gasteiger partial charge < -0.3 is 15.0 Å². The summed E-state index contributed by atoms with van der Waals surface area (Å²) in [5.74, 6) is 0.270. The van der Waals surface area contributed by atoms with Crippen LogP contribution in [0.4, 0.5) is 0 Å². The first-order chi connectivity index (χ1) is 8.14. The second kappa shape index (κ2) is 8.73. The van der Waals surface area contributed by atoms with Crippen molar-refractivity contribution in [1.82, 2.24) is 10.2 Å². The molecule has 0 aromatic rings. The van der Waals surface area contributed by atoms with E-state index in [1.807, 2.05) is 18.7 Å². The first kappa shape index (κ1) is 17.7. The van der Waals surface area contributed by atoms with Gasteiger partial charge in [-0.05, 0) is 40.2 Å². The van der Waals surface area contributed by atoms with Gasteiger partial charge in [0, 0.05) is 26.2 Å². The van der Waals surface area contributed by atoms with Gasteiger partial charge >= 0.3 is 0 Å². The largest absolute Gasteiger partial charge is 0.380 e. The molecule has 1 saturated heterocycles. The molecule has 0 bridgehead atoms. The predicted octanol–water partition coefficient (Wildman–Crippen LogP) is 1.68. The quantitative estimate of drug-likeness (QED) is 0.752. The van der Waals surface area contributed by atoms with Crippen molar-refractivity contribution < 1.29 is 9.53 Å². The number of rotatable bonds is 6. The Morgan fingerprint density at radius 3 is 2.67 bits per heavy atom. The van der Waals surface area contributed by atoms with Crippen LogP contribution in [-0.2, 0) is 9.53 Å². The molecule has 1 unspecified atom stereocenters. The molecule has 18 heavy (non-hydrogen) atoms. The maximum absolute atomic E-state index is 12.5. The van der Waals surface area contributed by atoms with Crippen LogP contribution in [0.15, 0.2) is 0 Å². The Balaban J connectivity index is 0.00000289. The average molecular weight is 279 g/mol. The average Bonchev–Trinajstić information content (AvgIpc) is 2.35. The molecule has 5 heteroatoms. The lowest BCUT2D eigenvalue weighted by molar-refractivity contribution is -0.142. The molecule has 1 aliphatic rings. The summed E-state index contributed by atoms with van der Waals surface area (Å²) >= 11 is 0. The maximum atomic E-state index is 12.5. The van der Waals surface area contributed by atoms with Gasteiger partial charge in [-0.2, -0.15) is 0 Å². The second-order valence-corrected chi connectivity index (χ2v) is 4.92. The van der Waals surface area contributed by atoms with Crippen molar-refractivity contribution in [2.45, 2.75) is 33.6 Å². The fourth-order valence-electron chi connectivity index (χ4n) is 2.34. The van der Waals surface area contributed by atoms with Gasteiger partial charge in [0.15, 0.2) is 0 Å². The summed E-state index contributed by atoms with van der Waals surface area (Å²) in [6, 6.07) is 0. The molecule has 1 amide bonds. The summed E-state index contributed by atoms with van der Waals surface area (Å²) < 4.78 is 5.33. The van der Waals surface area contributed by atoms with Crippen LogP contribution in [0.5, 0.6) is 0 Å². The molecule has 0 spiro atoms. The molecule has 108 valence electrons. The molecule has 0 aromatic heterocycles. The minimum absolute atomic E-state index is 0. The number of nitrogens with one attached hydrogen (secondary N) is 1. The molecular formula is C13H27ClN2O2. The first-order valence-corrected chi connectivity index (χ1v) is 6.72. The Labute approximate surface area is 117 Å². The monoisotopic (exact) mass is 278 g/mol. The lowest BCUT2D eigenvalue weighted by Crippen LogP contribution is -2.50. The van der Waals surface area contributed by atoms with Gasteiger partial charge in [-0.1, -0.05) is 0 Å². The number of carbonyl (C=O) groups is 1. The Hall–Kier alpha value is -0.320. The fraction of sp³-hybridized carbons (Fsp3) is 0.923. The molecule has 1 N–H and O–H groups in total. The van der Waals surface area contributed by atoms with Crippen LogP contribution in [0.1, 0.15) is 33.6 Å². The predicted molar refractivity (Wildman–Crippen MR) is 76.2 cm³/mol. The van der Waals surface area contributed by atoms with Crippen LogP contribution in [0, 0.1) is 5.41 Å². The number of amides is 1. The van der Waals surface area contributed by atoms with Crippen LogP contribution in [0.25, 0.3) is 0 Å². The molecule has 0 saturated carbocycles. The Kier molecular flexibility index (Phi) is 8.57. The van der Waals surface area contributed by atoms with Crippen LogP contribution >= 0.6 is 12.4 Å². The Morgan fingerprint density at radius 1 is 1.44 bits per heavy atom. The molecular weight excluding hydrogens is 252 g/mol. The molecule has 1 heterocycles. The van der Waals surface area contributed by atoms with Crippen molar-refractivity contribution in [2.75, 3.05) is 39.4 Å². The highest BCUT2D eigenvalue weighted by molar-refractivity contribution is 5.85. The maximum Gasteiger partial charge on any atom is 0.229 e. The van der Waals surface area contributed by atoms with Gasteiger partial charge in [-0.25, -0.2) is 0 Å². The minimum atomic E-state index is -0.222. The van der Waals surface area contributed by atoms with E-state index in [0.29, 0.717) is 19.8 Å². The summed E-state index contributed by atoms with van der Waals surface area (Å²) in [7, 11) is 0. The third-order valence-corrected chi connectivity index (χ3v) is 3.49. The standard InChI is InChI=1S/C13H26N2O2.ClH/c1-4-15(9-10-17-5-2)12(16)13(3)7-6-8-14-11-13;/h14H,4-11H2,1-3H3;1H. The lowest BCUT2D eigenvalue weighted by Gasteiger charge is -2.37. The van der Waals surface area contributed by atoms with E-state index >= 15 is 0 Å². The Bertz CT molecular complexity index is 243. The number of carbonyl (C=O) groups excluding carboxylic acids is 1. The number of ether oxygens (including phenoxy) is 1. The van der Waals surface area contributed by atoms with Gasteiger partial charge in [0.05, 0.1) is 12.0 Å². The molecule has 1 atom stereocenters. The topological polar surface area (TPSA) is 41.6 Å². The van der Waals surface area contributed by atoms with E-state index in [9.17, 15) is 4.79 Å². The third-order valence-electron chi connectivity index (χ3n) is 3.49. The molecule has 1 rings (SSSR count). The number of nitrogens with zero attached hydrogens (tertiary/aromatic N) is 1. The lowest BCUT2D eigenvalue weighted by atomic mass is 9.81. The smallest absolute Gasteiger partial charge is 0.229 e. The highest BCUT2D eigenvalue weighted by atomic mass is 35.5. The zero-order valence-corrected chi connectivity index (χ0v) is 12.6. The van der Waals surface area contributed by atoms with Crippen molar-refractivity contribution in [2.24, 2.45) is 5.41 Å². The summed E-state index contributed by atoms with van der Waals surface area (Å²) in [5, 5.41) is 3.32. The van der Waals surface area contributed by atoms with Crippen LogP contribution in [0.2, 0.25) is 0 Å². The number of hydrogen-bond donors (Lipinski definition) is 1. The zero-order valence-electron chi connectivity index (χ0n) is 11.8. The van der Waals surface area contributed by atoms with Gasteiger partial charge in [0.2, 0.25) is 5.91 Å². The number of likely N-dealkylation sites (N-methyl/N-ethyl adjacent to an activating group) is 1. The second-order valence-electron chi connectivity index (χ2n) is 4.92. The molecule has 1 aliphatic heterocycles. The van der Waals surface area contributed by atoms with Crippen molar-refractivity contribution in [3.63, 3.8) is 0 Å². The SMILES string of the molecule is CCOCCN(CC)C(=O)C1(C)CCCNC1.Cl. The molecule has 1 fully saturated rings. The third kappa shape index (κ3) is 4.75. The number of hydrogen-bond acceptors (Lipinski definition) is 3. The summed E-state index contributed by atoms with van der Waals surface area (Å²) in [4.78, 5) is 14.4. The van der Waals surface area contributed by atoms with E-state index in [-0.39, 0.29) is 23.7 Å². The van der Waals surface area contributed by atoms with Gasteiger partial charge in [-0.15, -0.1) is 12.4 Å². The van der Waals surface area contributed by atoms with Gasteiger partial charge in [0.1, 0.15) is 0 Å². The fourth-order valence-corrected chi connectivity index (χ4v) is 2.34. The summed E-state index contributed by atoms with van der Waals surface area (Å²) in [6.07, 6.45) is 2.08. The molecule has 0 aliphatic carbocycles. The molecule has 0 radical (unpaired) electrons. The normalized spacial score (nSPS) is 23.3. The number of halogens is 1. The number of piperidine rings is 1. The zero-order chi connectivity index (χ0) is 12.7. The van der Waals surface area contributed by atoms with E-state index < -0.39 is 0 Å². The van der Waals surface area contributed by atoms with Crippen molar-refractivity contribution in [1.29, 1.82) is 0 Å². The Morgan fingerprint density at radius 2 is 2.17 bits per heavy atom. The van der Waals surface area contributed by atoms with Crippen LogP contribution in [0.3, 0.4) is 0 Å². The van der Waals surface area contributed by atoms with Crippen molar-refractivity contribution in [3.05, 3.63) is 0 Å². The van der Waals surface area contributed by atoms with Gasteiger partial charge in [-0.3, -0.25) is 4.79 Å². The summed E-state index contributed by atoms with van der Waals surface area (Å²) in [5.41, 5.74) is -0.222. The first-order valence-electron chi connectivity index (χ1n) is 6.72. The van der Waals surface area contributed by atoms with Gasteiger partial charge in [0.25, 0.3) is 0 Å². The van der Waals surface area contributed by atoms with E-state index in [1.165, 1.54) is 0 Å². The van der Waals surface area contributed by atoms with Crippen molar-refractivity contribution in [3.8, 4) is 0 Å². The van der Waals surface area contributed by atoms with E-state index in [2.05, 4.69) is 12.2 Å². The van der Waals surface area contributed by atoms with E-state index in [4.69, 9.17) is 4.74 Å². The van der Waals surface area contributed by atoms with E-state index in [0.717, 1.165) is 32.5 Å². The van der Waals surface area contributed by atoms with E-state index in [1.54, 1.807) is 0 Å². The molecule has 0 aromatic carbocycles. The van der Waals surface area contributed by atoms with Crippen LogP contribution < -0.4 is 5.32 Å². The highest BCUT2D eigenvalue weighted by Crippen LogP contribution is 2.27. The van der Waals surface area contributed by atoms with Crippen molar-refractivity contribution >= 4 is 18.3 Å². The molecule has 4 nitrogen and oxygen atoms in total. The highest BCUT2D eigenvalue weighted by Gasteiger charge is 2.37. The summed E-state index contributed by atoms with van der Waals surface area (Å²) in [6.45, 7) is 10.7.